The van der Waals surface area contributed by atoms with Gasteiger partial charge in [-0.05, 0) is 68.8 Å². The molecular weight excluding hydrogens is 591 g/mol. The first-order valence-corrected chi connectivity index (χ1v) is 16.4. The SMILES string of the molecule is C=N/C(Oc1c(C)ccc2c(NS(=O)(=O)Cc3ccccc3)c(F)ccc12)=C(\C=C/C)c1ccnc(N[C@@H]2CNC[C@H](C)C2)n1. The van der Waals surface area contributed by atoms with Crippen LogP contribution < -0.4 is 20.1 Å². The number of sulfonamides is 1. The Morgan fingerprint density at radius 2 is 1.91 bits per heavy atom. The first-order valence-electron chi connectivity index (χ1n) is 14.8. The molecule has 5 rings (SSSR count). The molecule has 0 bridgehead atoms. The average Bonchev–Trinajstić information content (AvgIpc) is 3.01. The number of fused-ring (bicyclic) bond motifs is 1. The molecule has 11 heteroatoms. The molecule has 234 valence electrons. The molecule has 0 amide bonds. The quantitative estimate of drug-likeness (QED) is 0.0992. The van der Waals surface area contributed by atoms with Crippen molar-refractivity contribution in [2.24, 2.45) is 10.9 Å². The number of nitrogens with one attached hydrogen (secondary N) is 3. The summed E-state index contributed by atoms with van der Waals surface area (Å²) in [4.78, 5) is 13.4. The Morgan fingerprint density at radius 1 is 1.13 bits per heavy atom. The van der Waals surface area contributed by atoms with Crippen LogP contribution in [0.4, 0.5) is 16.0 Å². The molecule has 2 atom stereocenters. The molecule has 3 N–H and O–H groups in total. The number of rotatable bonds is 11. The predicted octanol–water partition coefficient (Wildman–Crippen LogP) is 6.45. The molecule has 3 aromatic carbocycles. The Kier molecular flexibility index (Phi) is 9.90. The van der Waals surface area contributed by atoms with E-state index in [0.29, 0.717) is 45.2 Å². The lowest BCUT2D eigenvalue weighted by Gasteiger charge is -2.28. The minimum atomic E-state index is -3.93. The van der Waals surface area contributed by atoms with Crippen molar-refractivity contribution in [1.29, 1.82) is 0 Å². The molecule has 45 heavy (non-hydrogen) atoms. The van der Waals surface area contributed by atoms with Gasteiger partial charge in [-0.15, -0.1) is 0 Å². The molecule has 0 radical (unpaired) electrons. The molecule has 9 nitrogen and oxygen atoms in total. The lowest BCUT2D eigenvalue weighted by molar-refractivity contribution is 0.377. The molecule has 0 spiro atoms. The van der Waals surface area contributed by atoms with Crippen molar-refractivity contribution < 1.29 is 17.5 Å². The van der Waals surface area contributed by atoms with Crippen LogP contribution in [0.2, 0.25) is 0 Å². The number of aliphatic imine (C=N–C) groups is 1. The van der Waals surface area contributed by atoms with Crippen LogP contribution in [0.1, 0.15) is 37.1 Å². The van der Waals surface area contributed by atoms with Gasteiger partial charge in [0.25, 0.3) is 0 Å². The number of aromatic nitrogens is 2. The first kappa shape index (κ1) is 31.8. The lowest BCUT2D eigenvalue weighted by atomic mass is 9.98. The number of aryl methyl sites for hydroxylation is 1. The fourth-order valence-corrected chi connectivity index (χ4v) is 6.64. The molecule has 0 unspecified atom stereocenters. The maximum atomic E-state index is 15.2. The van der Waals surface area contributed by atoms with E-state index in [9.17, 15) is 8.42 Å². The van der Waals surface area contributed by atoms with Crippen LogP contribution in [0.3, 0.4) is 0 Å². The molecule has 2 heterocycles. The van der Waals surface area contributed by atoms with Crippen LogP contribution >= 0.6 is 0 Å². The van der Waals surface area contributed by atoms with Gasteiger partial charge in [0.2, 0.25) is 21.9 Å². The van der Waals surface area contributed by atoms with Gasteiger partial charge in [0.15, 0.2) is 0 Å². The van der Waals surface area contributed by atoms with Crippen LogP contribution in [0.25, 0.3) is 16.3 Å². The van der Waals surface area contributed by atoms with Crippen LogP contribution in [-0.2, 0) is 15.8 Å². The third-order valence-corrected chi connectivity index (χ3v) is 8.72. The van der Waals surface area contributed by atoms with E-state index in [1.54, 1.807) is 60.8 Å². The van der Waals surface area contributed by atoms with Crippen molar-refractivity contribution in [3.8, 4) is 5.75 Å². The maximum Gasteiger partial charge on any atom is 0.237 e. The average molecular weight is 629 g/mol. The Hall–Kier alpha value is -4.61. The van der Waals surface area contributed by atoms with Gasteiger partial charge in [0.1, 0.15) is 11.6 Å². The Bertz CT molecular complexity index is 1860. The van der Waals surface area contributed by atoms with Crippen molar-refractivity contribution in [1.82, 2.24) is 15.3 Å². The molecular formula is C34H37FN6O3S. The summed E-state index contributed by atoms with van der Waals surface area (Å²) in [5.74, 6) is 0.588. The Morgan fingerprint density at radius 3 is 2.64 bits per heavy atom. The number of halogens is 1. The second kappa shape index (κ2) is 14.0. The van der Waals surface area contributed by atoms with Gasteiger partial charge in [0, 0.05) is 29.6 Å². The highest BCUT2D eigenvalue weighted by Crippen LogP contribution is 2.38. The first-order chi connectivity index (χ1) is 21.7. The monoisotopic (exact) mass is 628 g/mol. The molecule has 1 aliphatic rings. The number of nitrogens with zero attached hydrogens (tertiary/aromatic N) is 3. The second-order valence-corrected chi connectivity index (χ2v) is 12.9. The van der Waals surface area contributed by atoms with Gasteiger partial charge >= 0.3 is 0 Å². The van der Waals surface area contributed by atoms with E-state index in [2.05, 4.69) is 39.0 Å². The van der Waals surface area contributed by atoms with Crippen molar-refractivity contribution in [2.45, 2.75) is 39.0 Å². The van der Waals surface area contributed by atoms with Gasteiger partial charge < -0.3 is 15.4 Å². The molecule has 0 aliphatic carbocycles. The summed E-state index contributed by atoms with van der Waals surface area (Å²) >= 11 is 0. The minimum absolute atomic E-state index is 0.155. The number of piperidine rings is 1. The fraction of sp³-hybridized carbons (Fsp3) is 0.265. The highest BCUT2D eigenvalue weighted by Gasteiger charge is 2.22. The van der Waals surface area contributed by atoms with Crippen molar-refractivity contribution in [3.63, 3.8) is 0 Å². The maximum absolute atomic E-state index is 15.2. The summed E-state index contributed by atoms with van der Waals surface area (Å²) in [6.45, 7) is 11.5. The molecule has 1 aromatic heterocycles. The summed E-state index contributed by atoms with van der Waals surface area (Å²) in [6.07, 6.45) is 6.35. The smallest absolute Gasteiger partial charge is 0.237 e. The third-order valence-electron chi connectivity index (χ3n) is 7.50. The molecule has 1 aliphatic heterocycles. The standard InChI is InChI=1S/C34H37FN6O3S/c1-5-9-28(30-16-17-38-34(40-30)39-25-18-22(2)19-37-20-25)33(36-4)44-32-23(3)12-13-26-27(32)14-15-29(35)31(26)41-45(42,43)21-24-10-7-6-8-11-24/h5-17,22,25,37,41H,4,18-21H2,1-3H3,(H,38,39,40)/b9-5-,33-28-/t22-,25+/m1/s1. The number of hydrogen-bond acceptors (Lipinski definition) is 8. The zero-order valence-electron chi connectivity index (χ0n) is 25.5. The summed E-state index contributed by atoms with van der Waals surface area (Å²) in [5, 5.41) is 7.69. The van der Waals surface area contributed by atoms with Crippen LogP contribution in [0, 0.1) is 18.7 Å². The lowest BCUT2D eigenvalue weighted by Crippen LogP contribution is -2.42. The zero-order valence-corrected chi connectivity index (χ0v) is 26.4. The fourth-order valence-electron chi connectivity index (χ4n) is 5.41. The van der Waals surface area contributed by atoms with Crippen LogP contribution in [-0.4, -0.2) is 44.2 Å². The molecule has 1 saturated heterocycles. The highest BCUT2D eigenvalue weighted by atomic mass is 32.2. The minimum Gasteiger partial charge on any atom is -0.437 e. The summed E-state index contributed by atoms with van der Waals surface area (Å²) in [6, 6.07) is 16.9. The third kappa shape index (κ3) is 7.73. The number of benzene rings is 3. The molecule has 1 fully saturated rings. The predicted molar refractivity (Wildman–Crippen MR) is 179 cm³/mol. The van der Waals surface area contributed by atoms with Crippen LogP contribution in [0.5, 0.6) is 5.75 Å². The number of anilines is 2. The van der Waals surface area contributed by atoms with Gasteiger partial charge in [-0.25, -0.2) is 27.8 Å². The van der Waals surface area contributed by atoms with Gasteiger partial charge in [-0.1, -0.05) is 61.5 Å². The normalized spacial score (nSPS) is 17.6. The van der Waals surface area contributed by atoms with E-state index in [1.807, 2.05) is 26.0 Å². The summed E-state index contributed by atoms with van der Waals surface area (Å²) < 4.78 is 50.2. The van der Waals surface area contributed by atoms with E-state index in [0.717, 1.165) is 25.1 Å². The number of allylic oxidation sites excluding steroid dienone is 3. The van der Waals surface area contributed by atoms with Crippen molar-refractivity contribution in [3.05, 3.63) is 108 Å². The summed E-state index contributed by atoms with van der Waals surface area (Å²) in [5.41, 5.74) is 2.30. The highest BCUT2D eigenvalue weighted by molar-refractivity contribution is 7.91. The van der Waals surface area contributed by atoms with E-state index in [-0.39, 0.29) is 23.4 Å². The van der Waals surface area contributed by atoms with Crippen LogP contribution in [0.15, 0.2) is 89.9 Å². The number of hydrogen-bond donors (Lipinski definition) is 3. The van der Waals surface area contributed by atoms with E-state index in [4.69, 9.17) is 9.72 Å². The molecule has 0 saturated carbocycles. The topological polar surface area (TPSA) is 118 Å². The zero-order chi connectivity index (χ0) is 32.0. The van der Waals surface area contributed by atoms with E-state index < -0.39 is 15.8 Å². The van der Waals surface area contributed by atoms with Gasteiger partial charge in [0.05, 0.1) is 22.7 Å². The van der Waals surface area contributed by atoms with Crippen molar-refractivity contribution in [2.75, 3.05) is 23.1 Å². The molecule has 4 aromatic rings. The van der Waals surface area contributed by atoms with Crippen molar-refractivity contribution >= 4 is 44.7 Å². The number of ether oxygens (including phenoxy) is 1. The Balaban J connectivity index is 1.51. The van der Waals surface area contributed by atoms with Gasteiger partial charge in [-0.2, -0.15) is 0 Å². The van der Waals surface area contributed by atoms with E-state index in [1.165, 1.54) is 6.07 Å². The largest absolute Gasteiger partial charge is 0.437 e. The summed E-state index contributed by atoms with van der Waals surface area (Å²) in [7, 11) is -3.93. The Labute approximate surface area is 263 Å². The van der Waals surface area contributed by atoms with Gasteiger partial charge in [-0.3, -0.25) is 4.72 Å². The second-order valence-electron chi connectivity index (χ2n) is 11.2. The van der Waals surface area contributed by atoms with E-state index >= 15 is 4.39 Å².